The van der Waals surface area contributed by atoms with Gasteiger partial charge in [0.05, 0.1) is 16.9 Å². The fourth-order valence-corrected chi connectivity index (χ4v) is 4.61. The predicted octanol–water partition coefficient (Wildman–Crippen LogP) is 3.77. The summed E-state index contributed by atoms with van der Waals surface area (Å²) in [6, 6.07) is 14.4. The molecule has 0 unspecified atom stereocenters. The summed E-state index contributed by atoms with van der Waals surface area (Å²) in [4.78, 5) is 42.2. The van der Waals surface area contributed by atoms with Gasteiger partial charge in [-0.05, 0) is 69.7 Å². The van der Waals surface area contributed by atoms with Crippen molar-refractivity contribution < 1.29 is 18.5 Å². The highest BCUT2D eigenvalue weighted by atomic mass is 19.1. The van der Waals surface area contributed by atoms with Crippen LogP contribution in [0.15, 0.2) is 71.8 Å². The van der Waals surface area contributed by atoms with Gasteiger partial charge in [0.1, 0.15) is 11.4 Å². The Morgan fingerprint density at radius 2 is 1.58 bits per heavy atom. The Morgan fingerprint density at radius 1 is 0.861 bits per heavy atom. The van der Waals surface area contributed by atoms with Crippen LogP contribution in [0, 0.1) is 33.5 Å². The van der Waals surface area contributed by atoms with Crippen molar-refractivity contribution >= 4 is 28.8 Å². The molecular weight excluding hydrogens is 459 g/mol. The zero-order valence-electron chi connectivity index (χ0n) is 20.3. The third kappa shape index (κ3) is 3.67. The Bertz CT molecular complexity index is 1640. The number of halogens is 1. The van der Waals surface area contributed by atoms with Gasteiger partial charge in [-0.1, -0.05) is 17.7 Å². The van der Waals surface area contributed by atoms with Crippen LogP contribution in [0.1, 0.15) is 27.9 Å². The van der Waals surface area contributed by atoms with Gasteiger partial charge in [-0.3, -0.25) is 19.5 Å². The quantitative estimate of drug-likeness (QED) is 0.355. The number of aromatic nitrogens is 3. The molecule has 0 aliphatic carbocycles. The van der Waals surface area contributed by atoms with E-state index in [1.165, 1.54) is 28.9 Å². The van der Waals surface area contributed by atoms with Gasteiger partial charge in [-0.15, -0.1) is 0 Å². The number of carbonyl (C=O) groups excluding carboxylic acids is 2. The van der Waals surface area contributed by atoms with Gasteiger partial charge in [0.2, 0.25) is 0 Å². The number of benzene rings is 2. The van der Waals surface area contributed by atoms with Crippen LogP contribution in [0.2, 0.25) is 0 Å². The summed E-state index contributed by atoms with van der Waals surface area (Å²) >= 11 is 0. The molecule has 1 aliphatic heterocycles. The van der Waals surface area contributed by atoms with Crippen molar-refractivity contribution in [2.75, 3.05) is 4.90 Å². The molecule has 1 aliphatic rings. The first-order chi connectivity index (χ1) is 17.2. The molecule has 7 nitrogen and oxygen atoms in total. The first-order valence-corrected chi connectivity index (χ1v) is 11.4. The number of amides is 2. The maximum atomic E-state index is 13.8. The molecule has 180 valence electrons. The molecule has 0 saturated heterocycles. The molecule has 5 rings (SSSR count). The fraction of sp³-hybridized carbons (Fsp3) is 0.143. The lowest BCUT2D eigenvalue weighted by atomic mass is 10.1. The van der Waals surface area contributed by atoms with Crippen LogP contribution >= 0.6 is 0 Å². The largest absolute Gasteiger partial charge is 0.331 e. The molecule has 0 fully saturated rings. The molecule has 2 amide bonds. The highest BCUT2D eigenvalue weighted by Gasteiger charge is 2.48. The molecule has 36 heavy (non-hydrogen) atoms. The Labute approximate surface area is 206 Å². The number of carbonyl (C=O) groups is 2. The molecule has 0 bridgehead atoms. The average Bonchev–Trinajstić information content (AvgIpc) is 3.25. The molecule has 0 spiro atoms. The number of aryl methyl sites for hydroxylation is 4. The van der Waals surface area contributed by atoms with Crippen molar-refractivity contribution in [3.05, 3.63) is 111 Å². The van der Waals surface area contributed by atoms with E-state index in [2.05, 4.69) is 5.10 Å². The Morgan fingerprint density at radius 3 is 2.25 bits per heavy atom. The number of aromatic amines is 1. The number of hydrogen-bond acceptors (Lipinski definition) is 3. The van der Waals surface area contributed by atoms with Crippen molar-refractivity contribution in [2.24, 2.45) is 0 Å². The summed E-state index contributed by atoms with van der Waals surface area (Å²) in [5, 5.41) is 3.08. The van der Waals surface area contributed by atoms with Gasteiger partial charge < -0.3 is 0 Å². The summed E-state index contributed by atoms with van der Waals surface area (Å²) < 4.78 is 16.5. The van der Waals surface area contributed by atoms with E-state index < -0.39 is 23.2 Å². The molecule has 8 heteroatoms. The van der Waals surface area contributed by atoms with Crippen LogP contribution < -0.4 is 15.0 Å². The molecule has 0 saturated carbocycles. The van der Waals surface area contributed by atoms with Crippen LogP contribution in [0.5, 0.6) is 0 Å². The van der Waals surface area contributed by atoms with Crippen LogP contribution in [-0.4, -0.2) is 21.6 Å². The SMILES string of the molecule is Cc1ccc(-n2[nH]c(C)c(C3=C([n+]4cccc(C)c4)C(=O)N(c4ccc(F)cc4)C3=O)c2=O)c(C)c1. The number of imide groups is 1. The first-order valence-electron chi connectivity index (χ1n) is 11.4. The van der Waals surface area contributed by atoms with Gasteiger partial charge in [0, 0.05) is 17.3 Å². The van der Waals surface area contributed by atoms with Crippen molar-refractivity contribution in [2.45, 2.75) is 27.7 Å². The minimum atomic E-state index is -0.650. The molecule has 2 aromatic heterocycles. The Kier molecular flexibility index (Phi) is 5.51. The van der Waals surface area contributed by atoms with E-state index in [1.807, 2.05) is 45.0 Å². The number of rotatable bonds is 4. The standard InChI is InChI=1S/C28H23FN4O3/c1-16-7-12-22(18(3)14-16)33-27(35)23(19(4)30-33)24-25(31-13-5-6-17(2)15-31)28(36)32(26(24)34)21-10-8-20(29)9-11-21/h5-15H,1-4H3/p+1. The summed E-state index contributed by atoms with van der Waals surface area (Å²) in [5.74, 6) is -1.74. The van der Waals surface area contributed by atoms with E-state index in [4.69, 9.17) is 0 Å². The summed E-state index contributed by atoms with van der Waals surface area (Å²) in [5.41, 5.74) is 3.83. The van der Waals surface area contributed by atoms with Crippen molar-refractivity contribution in [1.29, 1.82) is 0 Å². The topological polar surface area (TPSA) is 79.1 Å². The minimum absolute atomic E-state index is 0.0119. The highest BCUT2D eigenvalue weighted by molar-refractivity contribution is 6.53. The third-order valence-electron chi connectivity index (χ3n) is 6.27. The molecule has 4 aromatic rings. The predicted molar refractivity (Wildman–Crippen MR) is 134 cm³/mol. The molecule has 0 atom stereocenters. The van der Waals surface area contributed by atoms with Crippen molar-refractivity contribution in [1.82, 2.24) is 9.78 Å². The van der Waals surface area contributed by atoms with E-state index in [-0.39, 0.29) is 22.5 Å². The van der Waals surface area contributed by atoms with Gasteiger partial charge >= 0.3 is 5.91 Å². The lowest BCUT2D eigenvalue weighted by molar-refractivity contribution is -0.577. The van der Waals surface area contributed by atoms with Crippen LogP contribution in [-0.2, 0) is 9.59 Å². The Hall–Kier alpha value is -4.59. The fourth-order valence-electron chi connectivity index (χ4n) is 4.61. The van der Waals surface area contributed by atoms with Crippen LogP contribution in [0.4, 0.5) is 10.1 Å². The second kappa shape index (κ2) is 8.57. The zero-order valence-corrected chi connectivity index (χ0v) is 20.3. The van der Waals surface area contributed by atoms with Gasteiger partial charge in [-0.25, -0.2) is 14.0 Å². The van der Waals surface area contributed by atoms with Crippen LogP contribution in [0.25, 0.3) is 17.0 Å². The second-order valence-electron chi connectivity index (χ2n) is 8.98. The van der Waals surface area contributed by atoms with E-state index in [1.54, 1.807) is 30.0 Å². The van der Waals surface area contributed by atoms with E-state index in [0.29, 0.717) is 11.4 Å². The second-order valence-corrected chi connectivity index (χ2v) is 8.98. The normalized spacial score (nSPS) is 13.8. The lowest BCUT2D eigenvalue weighted by Gasteiger charge is -2.13. The highest BCUT2D eigenvalue weighted by Crippen LogP contribution is 2.33. The van der Waals surface area contributed by atoms with Gasteiger partial charge in [0.15, 0.2) is 12.4 Å². The maximum Gasteiger partial charge on any atom is 0.331 e. The number of hydrogen-bond donors (Lipinski definition) is 1. The summed E-state index contributed by atoms with van der Waals surface area (Å²) in [6.07, 6.45) is 3.38. The lowest BCUT2D eigenvalue weighted by Crippen LogP contribution is -2.39. The smallest absolute Gasteiger partial charge is 0.295 e. The average molecular weight is 484 g/mol. The van der Waals surface area contributed by atoms with Gasteiger partial charge in [0.25, 0.3) is 17.2 Å². The molecule has 3 heterocycles. The number of anilines is 1. The molecule has 1 N–H and O–H groups in total. The summed E-state index contributed by atoms with van der Waals surface area (Å²) in [6.45, 7) is 7.43. The number of pyridine rings is 1. The molecule has 0 radical (unpaired) electrons. The first kappa shape index (κ1) is 23.2. The maximum absolute atomic E-state index is 13.8. The number of nitrogens with zero attached hydrogens (tertiary/aromatic N) is 3. The van der Waals surface area contributed by atoms with Crippen LogP contribution in [0.3, 0.4) is 0 Å². The number of H-pyrrole nitrogens is 1. The zero-order chi connectivity index (χ0) is 25.7. The molecule has 2 aromatic carbocycles. The van der Waals surface area contributed by atoms with Crippen molar-refractivity contribution in [3.8, 4) is 5.69 Å². The minimum Gasteiger partial charge on any atom is -0.295 e. The number of nitrogens with one attached hydrogen (secondary N) is 1. The monoisotopic (exact) mass is 483 g/mol. The van der Waals surface area contributed by atoms with Gasteiger partial charge in [-0.2, -0.15) is 4.57 Å². The van der Waals surface area contributed by atoms with E-state index in [0.717, 1.165) is 21.6 Å². The van der Waals surface area contributed by atoms with E-state index >= 15 is 0 Å². The van der Waals surface area contributed by atoms with Crippen molar-refractivity contribution in [3.63, 3.8) is 0 Å². The summed E-state index contributed by atoms with van der Waals surface area (Å²) in [7, 11) is 0. The van der Waals surface area contributed by atoms with E-state index in [9.17, 15) is 18.8 Å². The third-order valence-corrected chi connectivity index (χ3v) is 6.27. The molecular formula is C28H24FN4O3+. The Balaban J connectivity index is 1.76.